The van der Waals surface area contributed by atoms with Gasteiger partial charge in [0.15, 0.2) is 0 Å². The van der Waals surface area contributed by atoms with E-state index in [-0.39, 0.29) is 35.1 Å². The van der Waals surface area contributed by atoms with Gasteiger partial charge >= 0.3 is 0 Å². The molecule has 0 saturated heterocycles. The van der Waals surface area contributed by atoms with Crippen molar-refractivity contribution in [2.75, 3.05) is 22.9 Å². The minimum absolute atomic E-state index is 0. The van der Waals surface area contributed by atoms with Crippen molar-refractivity contribution in [2.24, 2.45) is 0 Å². The summed E-state index contributed by atoms with van der Waals surface area (Å²) in [5.41, 5.74) is 5.93. The molecule has 5 rings (SSSR count). The van der Waals surface area contributed by atoms with Gasteiger partial charge in [0.1, 0.15) is 0 Å². The van der Waals surface area contributed by atoms with Gasteiger partial charge in [-0.25, -0.2) is 0 Å². The van der Waals surface area contributed by atoms with Crippen molar-refractivity contribution in [3.05, 3.63) is 155 Å². The van der Waals surface area contributed by atoms with E-state index < -0.39 is 35.9 Å². The van der Waals surface area contributed by atoms with Crippen LogP contribution in [0.2, 0.25) is 0 Å². The summed E-state index contributed by atoms with van der Waals surface area (Å²) in [5.74, 6) is -0.695. The van der Waals surface area contributed by atoms with Crippen LogP contribution in [0.25, 0.3) is 0 Å². The van der Waals surface area contributed by atoms with Gasteiger partial charge in [0.05, 0.1) is 9.79 Å². The molecule has 245 valence electrons. The molecule has 0 saturated carbocycles. The van der Waals surface area contributed by atoms with Crippen LogP contribution < -0.4 is 9.80 Å². The molecule has 8 nitrogen and oxygen atoms in total. The van der Waals surface area contributed by atoms with Gasteiger partial charge in [-0.1, -0.05) is 91.0 Å². The maximum atomic E-state index is 12.7. The van der Waals surface area contributed by atoms with E-state index in [1.54, 1.807) is 0 Å². The molecule has 5 aromatic rings. The van der Waals surface area contributed by atoms with Crippen LogP contribution in [0.3, 0.4) is 0 Å². The molecule has 1 radical (unpaired) electrons. The molecule has 0 fully saturated rings. The van der Waals surface area contributed by atoms with Gasteiger partial charge in [0.2, 0.25) is 0 Å². The summed E-state index contributed by atoms with van der Waals surface area (Å²) in [4.78, 5) is 3.22. The molecular formula is C37H38N2NaO6S2. The Kier molecular flexibility index (Phi) is 12.7. The van der Waals surface area contributed by atoms with Crippen molar-refractivity contribution in [1.82, 2.24) is 0 Å². The molecule has 5 aromatic carbocycles. The molecule has 48 heavy (non-hydrogen) atoms. The Labute approximate surface area is 305 Å². The fourth-order valence-corrected chi connectivity index (χ4v) is 7.16. The van der Waals surface area contributed by atoms with Crippen molar-refractivity contribution in [2.45, 2.75) is 42.6 Å². The van der Waals surface area contributed by atoms with Crippen molar-refractivity contribution < 1.29 is 25.9 Å². The summed E-state index contributed by atoms with van der Waals surface area (Å²) in [6.45, 7) is 7.10. The maximum absolute atomic E-state index is 12.7. The zero-order valence-corrected chi connectivity index (χ0v) is 30.9. The van der Waals surface area contributed by atoms with E-state index in [2.05, 4.69) is 47.9 Å². The molecule has 0 aromatic heterocycles. The summed E-state index contributed by atoms with van der Waals surface area (Å²) in [5, 5.41) is 0. The zero-order chi connectivity index (χ0) is 33.6. The number of rotatable bonds is 13. The van der Waals surface area contributed by atoms with Crippen LogP contribution in [0, 0.1) is 0 Å². The van der Waals surface area contributed by atoms with Gasteiger partial charge in [-0.05, 0) is 78.1 Å². The molecule has 0 amide bonds. The summed E-state index contributed by atoms with van der Waals surface area (Å²) in [6.07, 6.45) is 0. The average Bonchev–Trinajstić information content (AvgIpc) is 3.07. The molecule has 0 atom stereocenters. The normalized spacial score (nSPS) is 11.6. The van der Waals surface area contributed by atoms with Crippen LogP contribution in [0.5, 0.6) is 0 Å². The average molecular weight is 694 g/mol. The first-order chi connectivity index (χ1) is 22.5. The summed E-state index contributed by atoms with van der Waals surface area (Å²) in [6, 6.07) is 39.1. The van der Waals surface area contributed by atoms with E-state index in [1.165, 1.54) is 17.2 Å². The van der Waals surface area contributed by atoms with Crippen LogP contribution in [-0.4, -0.2) is 68.6 Å². The quantitative estimate of drug-likeness (QED) is 0.0768. The van der Waals surface area contributed by atoms with Gasteiger partial charge in [0, 0.05) is 73.0 Å². The van der Waals surface area contributed by atoms with Gasteiger partial charge in [0.25, 0.3) is 20.2 Å². The summed E-state index contributed by atoms with van der Waals surface area (Å²) in [7, 11) is -9.62. The van der Waals surface area contributed by atoms with Crippen LogP contribution in [-0.2, 0) is 33.3 Å². The molecule has 0 unspecified atom stereocenters. The minimum Gasteiger partial charge on any atom is -0.367 e. The SMILES string of the molecule is CCN(Cc1ccccc1)c1ccc(C(c2ccc(N(CC)Cc3ccccc3)cc2)c2ccc(S(=O)(=O)O)cc2S(=O)(=O)O)cc1.[Na]. The number of hydrogen-bond acceptors (Lipinski definition) is 6. The molecule has 0 aliphatic heterocycles. The van der Waals surface area contributed by atoms with Gasteiger partial charge in [-0.3, -0.25) is 9.11 Å². The molecular weight excluding hydrogens is 656 g/mol. The molecule has 0 heterocycles. The Morgan fingerprint density at radius 1 is 0.562 bits per heavy atom. The largest absolute Gasteiger partial charge is 0.367 e. The standard InChI is InChI=1S/C37H38N2O6S2.Na/c1-3-38(26-28-11-7-5-8-12-28)32-19-15-30(16-20-32)37(35-24-23-34(46(40,41)42)25-36(35)47(43,44)45)31-17-21-33(22-18-31)39(4-2)27-29-13-9-6-10-14-29;/h5-25,37H,3-4,26-27H2,1-2H3,(H,40,41,42)(H,43,44,45);. The topological polar surface area (TPSA) is 115 Å². The van der Waals surface area contributed by atoms with Crippen LogP contribution in [0.4, 0.5) is 11.4 Å². The molecule has 0 aliphatic carbocycles. The Morgan fingerprint density at radius 3 is 1.33 bits per heavy atom. The molecule has 2 N–H and O–H groups in total. The number of nitrogens with zero attached hydrogens (tertiary/aromatic N) is 2. The third kappa shape index (κ3) is 9.15. The van der Waals surface area contributed by atoms with Crippen LogP contribution >= 0.6 is 0 Å². The molecule has 0 aliphatic rings. The van der Waals surface area contributed by atoms with Gasteiger partial charge in [-0.2, -0.15) is 16.8 Å². The first-order valence-electron chi connectivity index (χ1n) is 15.3. The fourth-order valence-electron chi connectivity index (χ4n) is 5.82. The monoisotopic (exact) mass is 693 g/mol. The summed E-state index contributed by atoms with van der Waals surface area (Å²) < 4.78 is 69.1. The van der Waals surface area contributed by atoms with Gasteiger partial charge in [-0.15, -0.1) is 0 Å². The van der Waals surface area contributed by atoms with Crippen molar-refractivity contribution in [3.63, 3.8) is 0 Å². The maximum Gasteiger partial charge on any atom is 0.294 e. The third-order valence-electron chi connectivity index (χ3n) is 8.25. The Hall–Kier alpha value is -3.48. The predicted octanol–water partition coefficient (Wildman–Crippen LogP) is 7.03. The Balaban J connectivity index is 0.00000520. The van der Waals surface area contributed by atoms with Crippen molar-refractivity contribution >= 4 is 61.2 Å². The summed E-state index contributed by atoms with van der Waals surface area (Å²) >= 11 is 0. The zero-order valence-electron chi connectivity index (χ0n) is 27.3. The van der Waals surface area contributed by atoms with Crippen LogP contribution in [0.15, 0.2) is 137 Å². The van der Waals surface area contributed by atoms with E-state index in [9.17, 15) is 25.9 Å². The van der Waals surface area contributed by atoms with E-state index in [4.69, 9.17) is 0 Å². The van der Waals surface area contributed by atoms with Crippen molar-refractivity contribution in [3.8, 4) is 0 Å². The van der Waals surface area contributed by atoms with E-state index >= 15 is 0 Å². The third-order valence-corrected chi connectivity index (χ3v) is 10.0. The van der Waals surface area contributed by atoms with E-state index in [1.807, 2.05) is 84.9 Å². The number of anilines is 2. The Morgan fingerprint density at radius 2 is 0.979 bits per heavy atom. The van der Waals surface area contributed by atoms with Gasteiger partial charge < -0.3 is 9.80 Å². The first-order valence-corrected chi connectivity index (χ1v) is 18.2. The predicted molar refractivity (Wildman–Crippen MR) is 192 cm³/mol. The fraction of sp³-hybridized carbons (Fsp3) is 0.189. The molecule has 0 bridgehead atoms. The minimum atomic E-state index is -4.89. The van der Waals surface area contributed by atoms with E-state index in [0.717, 1.165) is 47.7 Å². The Bertz CT molecular complexity index is 1920. The van der Waals surface area contributed by atoms with Crippen molar-refractivity contribution in [1.29, 1.82) is 0 Å². The number of benzene rings is 5. The smallest absolute Gasteiger partial charge is 0.294 e. The molecule has 11 heteroatoms. The van der Waals surface area contributed by atoms with E-state index in [0.29, 0.717) is 13.1 Å². The number of hydrogen-bond donors (Lipinski definition) is 2. The van der Waals surface area contributed by atoms with Crippen LogP contribution in [0.1, 0.15) is 47.6 Å². The second kappa shape index (κ2) is 16.3. The second-order valence-electron chi connectivity index (χ2n) is 11.3. The molecule has 0 spiro atoms. The second-order valence-corrected chi connectivity index (χ2v) is 14.1. The first kappa shape index (κ1) is 37.3.